The molecule has 2 aromatic heterocycles. The number of benzene rings is 2. The number of hydrogen-bond donors (Lipinski definition) is 2. The van der Waals surface area contributed by atoms with Crippen LogP contribution in [0.1, 0.15) is 16.1 Å². The van der Waals surface area contributed by atoms with Gasteiger partial charge in [-0.05, 0) is 18.2 Å². The van der Waals surface area contributed by atoms with Gasteiger partial charge in [0, 0.05) is 47.9 Å². The van der Waals surface area contributed by atoms with Crippen LogP contribution in [-0.2, 0) is 6.42 Å². The van der Waals surface area contributed by atoms with Gasteiger partial charge in [0.15, 0.2) is 0 Å². The molecule has 0 aliphatic heterocycles. The number of H-pyrrole nitrogens is 1. The van der Waals surface area contributed by atoms with E-state index in [-0.39, 0.29) is 11.5 Å². The quantitative estimate of drug-likeness (QED) is 0.532. The molecule has 4 rings (SSSR count). The molecule has 146 valence electrons. The third-order valence-corrected chi connectivity index (χ3v) is 4.74. The van der Waals surface area contributed by atoms with E-state index in [1.165, 1.54) is 4.57 Å². The van der Waals surface area contributed by atoms with Gasteiger partial charge in [-0.15, -0.1) is 0 Å². The lowest BCUT2D eigenvalue weighted by atomic mass is 10.1. The molecule has 0 aliphatic rings. The molecule has 2 N–H and O–H groups in total. The van der Waals surface area contributed by atoms with Crippen LogP contribution in [-0.4, -0.2) is 34.1 Å². The van der Waals surface area contributed by atoms with Crippen molar-refractivity contribution in [2.24, 2.45) is 0 Å². The van der Waals surface area contributed by atoms with Crippen molar-refractivity contribution in [3.05, 3.63) is 88.9 Å². The number of fused-ring (bicyclic) bond motifs is 1. The zero-order chi connectivity index (χ0) is 20.2. The molecule has 4 aromatic rings. The number of hydrogen-bond acceptors (Lipinski definition) is 4. The summed E-state index contributed by atoms with van der Waals surface area (Å²) in [6, 6.07) is 14.3. The zero-order valence-corrected chi connectivity index (χ0v) is 15.9. The molecule has 0 atom stereocenters. The van der Waals surface area contributed by atoms with Crippen molar-refractivity contribution in [2.45, 2.75) is 6.42 Å². The normalized spacial score (nSPS) is 10.8. The van der Waals surface area contributed by atoms with E-state index in [0.29, 0.717) is 40.7 Å². The van der Waals surface area contributed by atoms with Gasteiger partial charge in [-0.3, -0.25) is 14.2 Å². The number of carbonyl (C=O) groups excluding carboxylic acids is 1. The summed E-state index contributed by atoms with van der Waals surface area (Å²) >= 11 is 0. The van der Waals surface area contributed by atoms with Crippen LogP contribution in [0, 0.1) is 0 Å². The van der Waals surface area contributed by atoms with E-state index >= 15 is 0 Å². The van der Waals surface area contributed by atoms with E-state index in [2.05, 4.69) is 15.3 Å². The number of rotatable bonds is 6. The van der Waals surface area contributed by atoms with Gasteiger partial charge in [0.25, 0.3) is 11.5 Å². The summed E-state index contributed by atoms with van der Waals surface area (Å²) in [4.78, 5) is 33.0. The maximum atomic E-state index is 13.1. The molecule has 29 heavy (non-hydrogen) atoms. The second-order valence-corrected chi connectivity index (χ2v) is 6.55. The van der Waals surface area contributed by atoms with Gasteiger partial charge in [0.05, 0.1) is 24.7 Å². The highest BCUT2D eigenvalue weighted by atomic mass is 16.5. The smallest absolute Gasteiger partial charge is 0.262 e. The third-order valence-electron chi connectivity index (χ3n) is 4.74. The van der Waals surface area contributed by atoms with Gasteiger partial charge in [0.2, 0.25) is 0 Å². The molecule has 0 saturated carbocycles. The number of imidazole rings is 1. The third kappa shape index (κ3) is 3.75. The average molecular weight is 388 g/mol. The zero-order valence-electron chi connectivity index (χ0n) is 15.9. The molecule has 0 saturated heterocycles. The predicted octanol–water partition coefficient (Wildman–Crippen LogP) is 2.69. The van der Waals surface area contributed by atoms with Crippen molar-refractivity contribution in [1.82, 2.24) is 19.9 Å². The molecule has 0 radical (unpaired) electrons. The van der Waals surface area contributed by atoms with Crippen LogP contribution in [0.3, 0.4) is 0 Å². The van der Waals surface area contributed by atoms with Gasteiger partial charge in [-0.2, -0.15) is 0 Å². The second kappa shape index (κ2) is 8.02. The number of carbonyl (C=O) groups is 1. The van der Waals surface area contributed by atoms with Crippen LogP contribution in [0.15, 0.2) is 72.0 Å². The minimum atomic E-state index is -0.239. The molecule has 1 amide bonds. The van der Waals surface area contributed by atoms with Crippen LogP contribution in [0.25, 0.3) is 16.5 Å². The van der Waals surface area contributed by atoms with Gasteiger partial charge in [0.1, 0.15) is 5.75 Å². The highest BCUT2D eigenvalue weighted by Crippen LogP contribution is 2.20. The highest BCUT2D eigenvalue weighted by molar-refractivity contribution is 6.06. The summed E-state index contributed by atoms with van der Waals surface area (Å²) in [5, 5.41) is 4.03. The molecule has 2 aromatic carbocycles. The number of methoxy groups -OCH3 is 1. The first-order valence-corrected chi connectivity index (χ1v) is 9.21. The monoisotopic (exact) mass is 388 g/mol. The molecule has 0 unspecified atom stereocenters. The van der Waals surface area contributed by atoms with E-state index < -0.39 is 0 Å². The topological polar surface area (TPSA) is 89.0 Å². The number of aromatic amines is 1. The van der Waals surface area contributed by atoms with Crippen molar-refractivity contribution < 1.29 is 9.53 Å². The summed E-state index contributed by atoms with van der Waals surface area (Å²) in [6.45, 7) is 0.452. The first kappa shape index (κ1) is 18.5. The number of nitrogens with zero attached hydrogens (tertiary/aromatic N) is 2. The number of aromatic nitrogens is 3. The van der Waals surface area contributed by atoms with Gasteiger partial charge < -0.3 is 15.0 Å². The Morgan fingerprint density at radius 2 is 2.00 bits per heavy atom. The molecular formula is C22H20N4O3. The molecule has 7 nitrogen and oxygen atoms in total. The molecule has 2 heterocycles. The number of amides is 1. The summed E-state index contributed by atoms with van der Waals surface area (Å²) in [6.07, 6.45) is 5.56. The standard InChI is InChI=1S/C22H20N4O3/c1-29-17-6-4-5-16(11-17)26-13-20(18-7-2-3-8-19(18)22(26)28)21(27)24-10-9-15-12-23-14-25-15/h2-8,11-14H,9-10H2,1H3,(H,23,25)(H,24,27). The molecule has 0 aliphatic carbocycles. The molecular weight excluding hydrogens is 368 g/mol. The Bertz CT molecular complexity index is 1210. The lowest BCUT2D eigenvalue weighted by Gasteiger charge is -2.13. The van der Waals surface area contributed by atoms with Crippen LogP contribution >= 0.6 is 0 Å². The summed E-state index contributed by atoms with van der Waals surface area (Å²) in [7, 11) is 1.57. The van der Waals surface area contributed by atoms with Crippen molar-refractivity contribution in [3.63, 3.8) is 0 Å². The second-order valence-electron chi connectivity index (χ2n) is 6.55. The van der Waals surface area contributed by atoms with Crippen molar-refractivity contribution in [1.29, 1.82) is 0 Å². The molecule has 7 heteroatoms. The minimum absolute atomic E-state index is 0.192. The Kier molecular flexibility index (Phi) is 5.11. The summed E-state index contributed by atoms with van der Waals surface area (Å²) in [5.41, 5.74) is 1.82. The van der Waals surface area contributed by atoms with E-state index in [9.17, 15) is 9.59 Å². The van der Waals surface area contributed by atoms with Gasteiger partial charge in [-0.1, -0.05) is 24.3 Å². The Morgan fingerprint density at radius 1 is 1.17 bits per heavy atom. The predicted molar refractivity (Wildman–Crippen MR) is 111 cm³/mol. The summed E-state index contributed by atoms with van der Waals surface area (Å²) < 4.78 is 6.75. The molecule has 0 bridgehead atoms. The number of nitrogens with one attached hydrogen (secondary N) is 2. The first-order chi connectivity index (χ1) is 14.2. The Morgan fingerprint density at radius 3 is 2.76 bits per heavy atom. The lowest BCUT2D eigenvalue weighted by molar-refractivity contribution is 0.0955. The maximum Gasteiger partial charge on any atom is 0.262 e. The SMILES string of the molecule is COc1cccc(-n2cc(C(=O)NCCc3cnc[nH]3)c3ccccc3c2=O)c1. The Hall–Kier alpha value is -3.87. The fraction of sp³-hybridized carbons (Fsp3) is 0.136. The Balaban J connectivity index is 1.73. The largest absolute Gasteiger partial charge is 0.497 e. The van der Waals surface area contributed by atoms with E-state index in [1.807, 2.05) is 6.07 Å². The fourth-order valence-corrected chi connectivity index (χ4v) is 3.25. The number of ether oxygens (including phenoxy) is 1. The van der Waals surface area contributed by atoms with Crippen LogP contribution in [0.4, 0.5) is 0 Å². The van der Waals surface area contributed by atoms with Crippen LogP contribution in [0.2, 0.25) is 0 Å². The highest BCUT2D eigenvalue weighted by Gasteiger charge is 2.15. The van der Waals surface area contributed by atoms with Gasteiger partial charge >= 0.3 is 0 Å². The Labute approximate surface area is 167 Å². The fourth-order valence-electron chi connectivity index (χ4n) is 3.25. The van der Waals surface area contributed by atoms with Gasteiger partial charge in [-0.25, -0.2) is 4.98 Å². The van der Waals surface area contributed by atoms with E-state index in [1.54, 1.807) is 68.3 Å². The minimum Gasteiger partial charge on any atom is -0.497 e. The molecule has 0 spiro atoms. The van der Waals surface area contributed by atoms with E-state index in [4.69, 9.17) is 4.74 Å². The van der Waals surface area contributed by atoms with Crippen LogP contribution in [0.5, 0.6) is 5.75 Å². The average Bonchev–Trinajstić information content (AvgIpc) is 3.27. The lowest BCUT2D eigenvalue weighted by Crippen LogP contribution is -2.28. The van der Waals surface area contributed by atoms with Crippen LogP contribution < -0.4 is 15.6 Å². The summed E-state index contributed by atoms with van der Waals surface area (Å²) in [5.74, 6) is 0.394. The maximum absolute atomic E-state index is 13.1. The number of pyridine rings is 1. The molecule has 0 fully saturated rings. The van der Waals surface area contributed by atoms with Crippen molar-refractivity contribution >= 4 is 16.7 Å². The van der Waals surface area contributed by atoms with Crippen molar-refractivity contribution in [3.8, 4) is 11.4 Å². The van der Waals surface area contributed by atoms with Crippen molar-refractivity contribution in [2.75, 3.05) is 13.7 Å². The van der Waals surface area contributed by atoms with E-state index in [0.717, 1.165) is 5.69 Å². The first-order valence-electron chi connectivity index (χ1n) is 9.21.